The largest absolute Gasteiger partial charge is 0.509 e. The Morgan fingerprint density at radius 1 is 0.589 bits per heavy atom. The molecule has 0 radical (unpaired) electrons. The van der Waals surface area contributed by atoms with Crippen LogP contribution in [0.1, 0.15) is 91.3 Å². The van der Waals surface area contributed by atoms with Gasteiger partial charge >= 0.3 is 0 Å². The maximum atomic E-state index is 10.0. The first-order valence-corrected chi connectivity index (χ1v) is 24.4. The van der Waals surface area contributed by atoms with Crippen molar-refractivity contribution in [2.75, 3.05) is 9.80 Å². The number of nitrogens with zero attached hydrogens (tertiary/aromatic N) is 4. The van der Waals surface area contributed by atoms with Gasteiger partial charge in [0.1, 0.15) is 5.82 Å². The Bertz CT molecular complexity index is 4100. The van der Waals surface area contributed by atoms with Crippen molar-refractivity contribution in [3.05, 3.63) is 224 Å². The van der Waals surface area contributed by atoms with Crippen molar-refractivity contribution in [2.24, 2.45) is 5.41 Å². The molecule has 0 saturated heterocycles. The van der Waals surface area contributed by atoms with Gasteiger partial charge in [0.2, 0.25) is 0 Å². The van der Waals surface area contributed by atoms with Crippen LogP contribution in [0.2, 0.25) is 0 Å². The summed E-state index contributed by atoms with van der Waals surface area (Å²) in [4.78, 5) is 8.46. The van der Waals surface area contributed by atoms with Crippen molar-refractivity contribution in [3.8, 4) is 50.7 Å². The maximum Gasteiger partial charge on any atom is 0.135 e. The molecular formula is C67H61N4OPt-3. The van der Waals surface area contributed by atoms with E-state index < -0.39 is 28.7 Å². The molecule has 0 N–H and O–H groups in total. The normalized spacial score (nSPS) is 14.8. The summed E-state index contributed by atoms with van der Waals surface area (Å²) < 4.78 is 95.3. The van der Waals surface area contributed by atoms with E-state index in [2.05, 4.69) is 12.1 Å². The number of para-hydroxylation sites is 4. The number of ether oxygens (including phenoxy) is 1. The number of rotatable bonds is 9. The van der Waals surface area contributed by atoms with E-state index in [1.165, 1.54) is 0 Å². The number of aromatic nitrogens is 2. The predicted octanol–water partition coefficient (Wildman–Crippen LogP) is 18.2. The molecule has 2 aromatic heterocycles. The van der Waals surface area contributed by atoms with Crippen LogP contribution in [-0.2, 0) is 38.3 Å². The van der Waals surface area contributed by atoms with Gasteiger partial charge < -0.3 is 19.1 Å². The van der Waals surface area contributed by atoms with Crippen LogP contribution in [-0.4, -0.2) is 9.55 Å². The minimum atomic E-state index is -1.66. The maximum absolute atomic E-state index is 10.0. The van der Waals surface area contributed by atoms with Gasteiger partial charge in [0.05, 0.1) is 9.60 Å². The second-order valence-electron chi connectivity index (χ2n) is 21.4. The van der Waals surface area contributed by atoms with Gasteiger partial charge in [-0.25, -0.2) is 4.98 Å². The van der Waals surface area contributed by atoms with Crippen molar-refractivity contribution in [1.29, 1.82) is 0 Å². The second-order valence-corrected chi connectivity index (χ2v) is 21.4. The molecule has 0 bridgehead atoms. The fourth-order valence-electron chi connectivity index (χ4n) is 9.24. The summed E-state index contributed by atoms with van der Waals surface area (Å²) in [5.74, 6) is 1.29. The van der Waals surface area contributed by atoms with E-state index >= 15 is 0 Å². The molecule has 8 aromatic carbocycles. The minimum Gasteiger partial charge on any atom is -0.509 e. The summed E-state index contributed by atoms with van der Waals surface area (Å²) in [6, 6.07) is 48.8. The fourth-order valence-corrected chi connectivity index (χ4v) is 9.24. The molecule has 73 heavy (non-hydrogen) atoms. The van der Waals surface area contributed by atoms with Gasteiger partial charge in [-0.2, -0.15) is 12.1 Å². The smallest absolute Gasteiger partial charge is 0.135 e. The first-order valence-electron chi connectivity index (χ1n) is 28.9. The van der Waals surface area contributed by atoms with E-state index in [1.807, 2.05) is 181 Å². The summed E-state index contributed by atoms with van der Waals surface area (Å²) >= 11 is 0. The van der Waals surface area contributed by atoms with Crippen molar-refractivity contribution < 1.29 is 38.1 Å². The Labute approximate surface area is 459 Å². The molecule has 11 rings (SSSR count). The zero-order valence-electron chi connectivity index (χ0n) is 51.4. The molecule has 0 saturated carbocycles. The van der Waals surface area contributed by atoms with Gasteiger partial charge in [-0.05, 0) is 97.3 Å². The first kappa shape index (κ1) is 39.3. The van der Waals surface area contributed by atoms with Gasteiger partial charge in [0.25, 0.3) is 0 Å². The average Bonchev–Trinajstić information content (AvgIpc) is 1.61. The van der Waals surface area contributed by atoms with E-state index in [-0.39, 0.29) is 85.3 Å². The van der Waals surface area contributed by atoms with Gasteiger partial charge in [0, 0.05) is 75.2 Å². The van der Waals surface area contributed by atoms with Crippen LogP contribution in [0.4, 0.5) is 22.7 Å². The molecule has 1 aliphatic rings. The SMILES string of the molecule is [2H]c1cc(-c2ccccc2)cc([2H])c1-c1c([2H])c([2H])c([2H])c(-c2c([2H])c(C(C)(C)C)cc(C(C)(C)C)c2[2H])c1N1[CH-]N(c2[c-]c(Oc3[c-]c4c(cc3)c3ccccc3n4-c3cc(C([2H])([2H])C(C)(C)C)ccn3)ccc2)c2ccccc21.[Pt]. The summed E-state index contributed by atoms with van der Waals surface area (Å²) in [5.41, 5.74) is 5.23. The molecular weight excluding hydrogens is 1070 g/mol. The quantitative estimate of drug-likeness (QED) is 0.135. The molecule has 1 aliphatic heterocycles. The van der Waals surface area contributed by atoms with E-state index in [4.69, 9.17) is 12.5 Å². The molecule has 5 nitrogen and oxygen atoms in total. The zero-order chi connectivity index (χ0) is 57.8. The summed E-state index contributed by atoms with van der Waals surface area (Å²) in [6.45, 7) is 19.5. The van der Waals surface area contributed by atoms with Gasteiger partial charge in [0.15, 0.2) is 0 Å². The monoisotopic (exact) mass is 1140 g/mol. The summed E-state index contributed by atoms with van der Waals surface area (Å²) in [6.07, 6.45) is -0.0145. The molecule has 368 valence electrons. The van der Waals surface area contributed by atoms with Crippen molar-refractivity contribution in [1.82, 2.24) is 9.55 Å². The van der Waals surface area contributed by atoms with Crippen molar-refractivity contribution in [3.63, 3.8) is 0 Å². The topological polar surface area (TPSA) is 33.5 Å². The second kappa shape index (κ2) is 19.3. The van der Waals surface area contributed by atoms with Gasteiger partial charge in [-0.15, -0.1) is 48.1 Å². The molecule has 0 fully saturated rings. The summed E-state index contributed by atoms with van der Waals surface area (Å²) in [5, 5.41) is 1.88. The molecule has 0 unspecified atom stereocenters. The zero-order valence-corrected chi connectivity index (χ0v) is 44.7. The predicted molar refractivity (Wildman–Crippen MR) is 301 cm³/mol. The van der Waals surface area contributed by atoms with Crippen LogP contribution in [0.25, 0.3) is 61.0 Å². The number of pyridine rings is 1. The van der Waals surface area contributed by atoms with E-state index in [1.54, 1.807) is 48.1 Å². The minimum absolute atomic E-state index is 0. The average molecular weight is 1140 g/mol. The Kier molecular flexibility index (Phi) is 10.4. The Morgan fingerprint density at radius 2 is 1.22 bits per heavy atom. The molecule has 6 heteroatoms. The first-order chi connectivity index (χ1) is 38.3. The molecule has 10 aromatic rings. The van der Waals surface area contributed by atoms with Crippen LogP contribution in [0, 0.1) is 24.2 Å². The van der Waals surface area contributed by atoms with Crippen LogP contribution >= 0.6 is 0 Å². The molecule has 0 spiro atoms. The number of benzene rings is 8. The number of hydrogen-bond acceptors (Lipinski definition) is 4. The summed E-state index contributed by atoms with van der Waals surface area (Å²) in [7, 11) is 0. The molecule has 0 amide bonds. The van der Waals surface area contributed by atoms with Crippen LogP contribution in [0.5, 0.6) is 11.5 Å². The number of fused-ring (bicyclic) bond motifs is 4. The van der Waals surface area contributed by atoms with Crippen LogP contribution in [0.3, 0.4) is 0 Å². The Hall–Kier alpha value is -7.20. The van der Waals surface area contributed by atoms with Crippen LogP contribution in [0.15, 0.2) is 188 Å². The third-order valence-electron chi connectivity index (χ3n) is 12.8. The van der Waals surface area contributed by atoms with E-state index in [9.17, 15) is 9.60 Å². The van der Waals surface area contributed by atoms with E-state index in [0.717, 1.165) is 21.9 Å². The Balaban J connectivity index is 0.00000753. The Morgan fingerprint density at radius 3 is 1.92 bits per heavy atom. The third kappa shape index (κ3) is 9.88. The van der Waals surface area contributed by atoms with E-state index in [0.29, 0.717) is 62.1 Å². The molecule has 3 heterocycles. The molecule has 0 aliphatic carbocycles. The molecule has 0 atom stereocenters. The van der Waals surface area contributed by atoms with Crippen molar-refractivity contribution >= 4 is 44.6 Å². The van der Waals surface area contributed by atoms with Crippen molar-refractivity contribution in [2.45, 2.75) is 79.5 Å². The van der Waals surface area contributed by atoms with Gasteiger partial charge in [-0.1, -0.05) is 189 Å². The number of hydrogen-bond donors (Lipinski definition) is 0. The standard InChI is InChI=1S/C67H61N4O.Pt/c1-65(2,3)43-45-35-36-68-63(37-45)71-59-26-14-13-23-57(59)58-34-33-54(42-62(58)71)72-53-22-17-21-52(41-53)69-44-70(61-28-16-15-27-60(61)69)64-55(48-31-29-47(30-32-48)46-19-11-10-12-20-46)24-18-25-56(64)49-38-50(66(4,5)6)40-51(39-49)67(7,8)9;/h10-40,44H,43H2,1-9H3;/q-3;/i18D,24D,25D,31D,32D,38D,39D,43D2;. The van der Waals surface area contributed by atoms with Gasteiger partial charge in [-0.3, -0.25) is 0 Å². The van der Waals surface area contributed by atoms with Crippen LogP contribution < -0.4 is 14.5 Å². The third-order valence-corrected chi connectivity index (χ3v) is 12.8. The fraction of sp³-hybridized carbons (Fsp3) is 0.194. The number of anilines is 4.